The maximum absolute atomic E-state index is 13.2. The highest BCUT2D eigenvalue weighted by molar-refractivity contribution is 5.79. The van der Waals surface area contributed by atoms with Gasteiger partial charge in [0.15, 0.2) is 6.23 Å². The van der Waals surface area contributed by atoms with Gasteiger partial charge in [-0.05, 0) is 35.9 Å². The van der Waals surface area contributed by atoms with Crippen LogP contribution in [0.25, 0.3) is 0 Å². The molecule has 5 rings (SSSR count). The van der Waals surface area contributed by atoms with Crippen LogP contribution in [0.15, 0.2) is 72.8 Å². The molecular weight excluding hydrogens is 390 g/mol. The molecule has 154 valence electrons. The topological polar surface area (TPSA) is 65.8 Å². The molecule has 31 heavy (non-hydrogen) atoms. The second-order valence-corrected chi connectivity index (χ2v) is 7.57. The fourth-order valence-corrected chi connectivity index (χ4v) is 4.30. The van der Waals surface area contributed by atoms with Crippen molar-refractivity contribution in [1.29, 1.82) is 5.26 Å². The first-order valence-corrected chi connectivity index (χ1v) is 10.2. The van der Waals surface area contributed by atoms with Crippen LogP contribution in [-0.4, -0.2) is 29.6 Å². The summed E-state index contributed by atoms with van der Waals surface area (Å²) >= 11 is 0. The molecule has 1 fully saturated rings. The molecule has 0 radical (unpaired) electrons. The van der Waals surface area contributed by atoms with Gasteiger partial charge in [-0.25, -0.2) is 0 Å². The van der Waals surface area contributed by atoms with E-state index < -0.39 is 6.23 Å². The standard InChI is InChI=1S/C25H21N3O3/c1-30-20-11-12-22-21(15-20)24(18-9-7-17(16-26)8-10-18)28-23(29)13-14-27(28)25(31-22)19-5-3-2-4-6-19/h2-12,15,24-25H,13-14H2,1H3/t24-,25-/m0/s1. The molecule has 0 spiro atoms. The van der Waals surface area contributed by atoms with Crippen molar-refractivity contribution in [3.63, 3.8) is 0 Å². The fraction of sp³-hybridized carbons (Fsp3) is 0.200. The lowest BCUT2D eigenvalue weighted by molar-refractivity contribution is -0.154. The van der Waals surface area contributed by atoms with Crippen molar-refractivity contribution in [2.24, 2.45) is 0 Å². The lowest BCUT2D eigenvalue weighted by Gasteiger charge is -2.36. The molecule has 6 heteroatoms. The molecular formula is C25H21N3O3. The van der Waals surface area contributed by atoms with E-state index in [4.69, 9.17) is 9.47 Å². The Hall–Kier alpha value is -3.82. The second-order valence-electron chi connectivity index (χ2n) is 7.57. The zero-order valence-electron chi connectivity index (χ0n) is 17.1. The molecule has 0 unspecified atom stereocenters. The summed E-state index contributed by atoms with van der Waals surface area (Å²) in [5, 5.41) is 13.0. The molecule has 0 bridgehead atoms. The molecule has 1 amide bonds. The lowest BCUT2D eigenvalue weighted by Crippen LogP contribution is -2.44. The highest BCUT2D eigenvalue weighted by Crippen LogP contribution is 2.46. The van der Waals surface area contributed by atoms with E-state index in [0.29, 0.717) is 30.0 Å². The Morgan fingerprint density at radius 3 is 2.52 bits per heavy atom. The van der Waals surface area contributed by atoms with Crippen molar-refractivity contribution in [3.05, 3.63) is 95.1 Å². The van der Waals surface area contributed by atoms with Gasteiger partial charge in [-0.1, -0.05) is 42.5 Å². The highest BCUT2D eigenvalue weighted by Gasteiger charge is 2.45. The molecule has 0 N–H and O–H groups in total. The third-order valence-electron chi connectivity index (χ3n) is 5.79. The zero-order valence-corrected chi connectivity index (χ0v) is 17.1. The average Bonchev–Trinajstić information content (AvgIpc) is 3.12. The minimum absolute atomic E-state index is 0.0366. The number of rotatable bonds is 3. The van der Waals surface area contributed by atoms with Crippen LogP contribution in [0.5, 0.6) is 11.5 Å². The molecule has 6 nitrogen and oxygen atoms in total. The number of hydrazine groups is 1. The third kappa shape index (κ3) is 3.29. The summed E-state index contributed by atoms with van der Waals surface area (Å²) in [6.07, 6.45) is -0.0122. The number of carbonyl (C=O) groups excluding carboxylic acids is 1. The lowest BCUT2D eigenvalue weighted by atomic mass is 9.96. The van der Waals surface area contributed by atoms with Crippen molar-refractivity contribution in [1.82, 2.24) is 10.0 Å². The number of nitrogens with zero attached hydrogens (tertiary/aromatic N) is 3. The number of hydrogen-bond donors (Lipinski definition) is 0. The molecule has 0 aliphatic carbocycles. The van der Waals surface area contributed by atoms with Crippen molar-refractivity contribution in [2.45, 2.75) is 18.7 Å². The number of benzene rings is 3. The number of carbonyl (C=O) groups is 1. The summed E-state index contributed by atoms with van der Waals surface area (Å²) in [5.41, 5.74) is 3.31. The molecule has 2 atom stereocenters. The summed E-state index contributed by atoms with van der Waals surface area (Å²) in [4.78, 5) is 13.2. The number of amides is 1. The van der Waals surface area contributed by atoms with Crippen LogP contribution >= 0.6 is 0 Å². The van der Waals surface area contributed by atoms with Gasteiger partial charge >= 0.3 is 0 Å². The van der Waals surface area contributed by atoms with Gasteiger partial charge in [-0.3, -0.25) is 9.80 Å². The molecule has 2 heterocycles. The Morgan fingerprint density at radius 1 is 1.03 bits per heavy atom. The maximum Gasteiger partial charge on any atom is 0.239 e. The van der Waals surface area contributed by atoms with E-state index in [0.717, 1.165) is 16.7 Å². The third-order valence-corrected chi connectivity index (χ3v) is 5.79. The van der Waals surface area contributed by atoms with Crippen LogP contribution in [0.2, 0.25) is 0 Å². The predicted molar refractivity (Wildman–Crippen MR) is 114 cm³/mol. The molecule has 3 aromatic carbocycles. The van der Waals surface area contributed by atoms with Crippen molar-refractivity contribution < 1.29 is 14.3 Å². The van der Waals surface area contributed by atoms with Crippen LogP contribution in [0.1, 0.15) is 40.9 Å². The van der Waals surface area contributed by atoms with E-state index in [1.54, 1.807) is 19.2 Å². The Balaban J connectivity index is 1.71. The van der Waals surface area contributed by atoms with Gasteiger partial charge in [-0.15, -0.1) is 0 Å². The number of fused-ring (bicyclic) bond motifs is 2. The first kappa shape index (κ1) is 19.2. The van der Waals surface area contributed by atoms with E-state index >= 15 is 0 Å². The van der Waals surface area contributed by atoms with Crippen molar-refractivity contribution >= 4 is 5.91 Å². The number of methoxy groups -OCH3 is 1. The number of hydrogen-bond acceptors (Lipinski definition) is 5. The van der Waals surface area contributed by atoms with Crippen LogP contribution in [-0.2, 0) is 4.79 Å². The first-order chi connectivity index (χ1) is 15.2. The summed E-state index contributed by atoms with van der Waals surface area (Å²) in [6, 6.07) is 24.7. The van der Waals surface area contributed by atoms with E-state index in [1.165, 1.54) is 0 Å². The first-order valence-electron chi connectivity index (χ1n) is 10.2. The van der Waals surface area contributed by atoms with Crippen LogP contribution in [0.3, 0.4) is 0 Å². The molecule has 2 aliphatic heterocycles. The van der Waals surface area contributed by atoms with Gasteiger partial charge < -0.3 is 9.47 Å². The molecule has 0 aromatic heterocycles. The second kappa shape index (κ2) is 7.78. The van der Waals surface area contributed by atoms with Crippen LogP contribution < -0.4 is 9.47 Å². The smallest absolute Gasteiger partial charge is 0.239 e. The number of nitriles is 1. The zero-order chi connectivity index (χ0) is 21.4. The van der Waals surface area contributed by atoms with Gasteiger partial charge in [-0.2, -0.15) is 10.3 Å². The summed E-state index contributed by atoms with van der Waals surface area (Å²) < 4.78 is 12.0. The Bertz CT molecular complexity index is 1150. The molecule has 3 aromatic rings. The van der Waals surface area contributed by atoms with Gasteiger partial charge in [0.2, 0.25) is 5.91 Å². The minimum atomic E-state index is -0.428. The summed E-state index contributed by atoms with van der Waals surface area (Å²) in [7, 11) is 1.62. The van der Waals surface area contributed by atoms with Gasteiger partial charge in [0, 0.05) is 24.1 Å². The quantitative estimate of drug-likeness (QED) is 0.646. The monoisotopic (exact) mass is 411 g/mol. The summed E-state index contributed by atoms with van der Waals surface area (Å²) in [6.45, 7) is 0.566. The fourth-order valence-electron chi connectivity index (χ4n) is 4.30. The van der Waals surface area contributed by atoms with E-state index in [1.807, 2.05) is 70.7 Å². The van der Waals surface area contributed by atoms with Gasteiger partial charge in [0.1, 0.15) is 17.5 Å². The molecule has 0 saturated carbocycles. The SMILES string of the molecule is COc1ccc2c(c1)[C@H](c1ccc(C#N)cc1)N1C(=O)CCN1[C@H](c1ccccc1)O2. The van der Waals surface area contributed by atoms with Gasteiger partial charge in [0.25, 0.3) is 0 Å². The van der Waals surface area contributed by atoms with Crippen molar-refractivity contribution in [3.8, 4) is 17.6 Å². The van der Waals surface area contributed by atoms with E-state index in [2.05, 4.69) is 6.07 Å². The Kier molecular flexibility index (Phi) is 4.81. The van der Waals surface area contributed by atoms with E-state index in [9.17, 15) is 10.1 Å². The minimum Gasteiger partial charge on any atom is -0.497 e. The Morgan fingerprint density at radius 2 is 1.81 bits per heavy atom. The summed E-state index contributed by atoms with van der Waals surface area (Å²) in [5.74, 6) is 1.43. The van der Waals surface area contributed by atoms with Gasteiger partial charge in [0.05, 0.1) is 18.7 Å². The average molecular weight is 411 g/mol. The van der Waals surface area contributed by atoms with E-state index in [-0.39, 0.29) is 11.9 Å². The van der Waals surface area contributed by atoms with Crippen LogP contribution in [0, 0.1) is 11.3 Å². The van der Waals surface area contributed by atoms with Crippen molar-refractivity contribution in [2.75, 3.05) is 13.7 Å². The Labute approximate surface area is 180 Å². The maximum atomic E-state index is 13.2. The highest BCUT2D eigenvalue weighted by atomic mass is 16.5. The predicted octanol–water partition coefficient (Wildman–Crippen LogP) is 4.20. The van der Waals surface area contributed by atoms with Crippen LogP contribution in [0.4, 0.5) is 0 Å². The number of ether oxygens (including phenoxy) is 2. The molecule has 2 aliphatic rings. The normalized spacial score (nSPS) is 20.3. The molecule has 1 saturated heterocycles. The largest absolute Gasteiger partial charge is 0.497 e.